The summed E-state index contributed by atoms with van der Waals surface area (Å²) in [7, 11) is 0. The van der Waals surface area contributed by atoms with Crippen LogP contribution in [0.5, 0.6) is 0 Å². The molecule has 1 unspecified atom stereocenters. The topological polar surface area (TPSA) is 35.6 Å². The van der Waals surface area contributed by atoms with Gasteiger partial charge >= 0.3 is 0 Å². The number of anilines is 2. The molecule has 0 radical (unpaired) electrons. The number of para-hydroxylation sites is 1. The van der Waals surface area contributed by atoms with E-state index in [1.165, 1.54) is 23.9 Å². The fraction of sp³-hybridized carbons (Fsp3) is 0.316. The molecule has 1 N–H and O–H groups in total. The number of nitrogens with one attached hydrogen (secondary N) is 1. The molecule has 2 aromatic carbocycles. The highest BCUT2D eigenvalue weighted by Crippen LogP contribution is 2.21. The first-order valence-corrected chi connectivity index (χ1v) is 8.72. The molecule has 1 saturated heterocycles. The van der Waals surface area contributed by atoms with Crippen molar-refractivity contribution in [1.82, 2.24) is 4.90 Å². The second-order valence-corrected chi connectivity index (χ2v) is 6.58. The Kier molecular flexibility index (Phi) is 5.56. The lowest BCUT2D eigenvalue weighted by atomic mass is 10.2. The lowest BCUT2D eigenvalue weighted by Gasteiger charge is -2.38. The van der Waals surface area contributed by atoms with Crippen LogP contribution < -0.4 is 10.2 Å². The maximum Gasteiger partial charge on any atom is 0.241 e. The molecule has 0 aromatic heterocycles. The smallest absolute Gasteiger partial charge is 0.241 e. The van der Waals surface area contributed by atoms with Gasteiger partial charge in [0.1, 0.15) is 5.82 Å². The van der Waals surface area contributed by atoms with Gasteiger partial charge in [-0.1, -0.05) is 29.8 Å². The van der Waals surface area contributed by atoms with Gasteiger partial charge in [0.2, 0.25) is 5.91 Å². The fourth-order valence-electron chi connectivity index (χ4n) is 3.00. The first kappa shape index (κ1) is 17.7. The number of carbonyl (C=O) groups excluding carboxylic acids is 1. The summed E-state index contributed by atoms with van der Waals surface area (Å²) in [4.78, 5) is 16.9. The van der Waals surface area contributed by atoms with Crippen molar-refractivity contribution in [2.75, 3.05) is 36.4 Å². The molecule has 0 aliphatic carbocycles. The quantitative estimate of drug-likeness (QED) is 0.903. The highest BCUT2D eigenvalue weighted by molar-refractivity contribution is 6.30. The minimum atomic E-state index is -0.487. The van der Waals surface area contributed by atoms with E-state index in [0.717, 1.165) is 26.2 Å². The Labute approximate surface area is 152 Å². The molecule has 1 aliphatic rings. The van der Waals surface area contributed by atoms with Crippen LogP contribution in [0, 0.1) is 5.82 Å². The zero-order valence-electron chi connectivity index (χ0n) is 14.1. The van der Waals surface area contributed by atoms with Gasteiger partial charge in [-0.3, -0.25) is 9.69 Å². The largest absolute Gasteiger partial charge is 0.369 e. The Balaban J connectivity index is 1.57. The number of halogens is 2. The molecule has 4 nitrogen and oxygen atoms in total. The zero-order chi connectivity index (χ0) is 17.8. The minimum absolute atomic E-state index is 0.118. The van der Waals surface area contributed by atoms with Crippen LogP contribution in [0.1, 0.15) is 6.92 Å². The molecule has 1 aliphatic heterocycles. The van der Waals surface area contributed by atoms with Gasteiger partial charge in [0.25, 0.3) is 0 Å². The van der Waals surface area contributed by atoms with Crippen LogP contribution in [0.4, 0.5) is 15.8 Å². The van der Waals surface area contributed by atoms with Crippen molar-refractivity contribution in [2.45, 2.75) is 13.0 Å². The molecular formula is C19H21ClFN3O. The van der Waals surface area contributed by atoms with Crippen LogP contribution in [0.15, 0.2) is 48.5 Å². The van der Waals surface area contributed by atoms with Gasteiger partial charge in [0.05, 0.1) is 11.7 Å². The molecular weight excluding hydrogens is 341 g/mol. The van der Waals surface area contributed by atoms with E-state index in [4.69, 9.17) is 11.6 Å². The third kappa shape index (κ3) is 4.30. The van der Waals surface area contributed by atoms with Gasteiger partial charge in [-0.05, 0) is 37.3 Å². The van der Waals surface area contributed by atoms with Crippen LogP contribution in [0.3, 0.4) is 0 Å². The van der Waals surface area contributed by atoms with Crippen LogP contribution in [-0.4, -0.2) is 43.0 Å². The standard InChI is InChI=1S/C19H21ClFN3O/c1-14(19(25)22-18-13-15(20)7-8-17(18)21)23-9-11-24(12-10-23)16-5-3-2-4-6-16/h2-8,13-14H,9-12H2,1H3,(H,22,25). The summed E-state index contributed by atoms with van der Waals surface area (Å²) in [5, 5.41) is 3.03. The van der Waals surface area contributed by atoms with Crippen molar-refractivity contribution in [1.29, 1.82) is 0 Å². The van der Waals surface area contributed by atoms with Crippen molar-refractivity contribution < 1.29 is 9.18 Å². The minimum Gasteiger partial charge on any atom is -0.369 e. The second-order valence-electron chi connectivity index (χ2n) is 6.15. The number of benzene rings is 2. The van der Waals surface area contributed by atoms with E-state index >= 15 is 0 Å². The van der Waals surface area contributed by atoms with Crippen LogP contribution >= 0.6 is 11.6 Å². The summed E-state index contributed by atoms with van der Waals surface area (Å²) in [6.45, 7) is 5.11. The lowest BCUT2D eigenvalue weighted by molar-refractivity contribution is -0.120. The maximum absolute atomic E-state index is 13.8. The molecule has 3 rings (SSSR count). The molecule has 0 spiro atoms. The number of rotatable bonds is 4. The molecule has 1 atom stereocenters. The van der Waals surface area contributed by atoms with Gasteiger partial charge in [0.15, 0.2) is 0 Å². The maximum atomic E-state index is 13.8. The normalized spacial score (nSPS) is 16.5. The van der Waals surface area contributed by atoms with Crippen LogP contribution in [-0.2, 0) is 4.79 Å². The number of hydrogen-bond donors (Lipinski definition) is 1. The first-order chi connectivity index (χ1) is 12.0. The number of carbonyl (C=O) groups is 1. The van der Waals surface area contributed by atoms with Gasteiger partial charge in [-0.2, -0.15) is 0 Å². The van der Waals surface area contributed by atoms with Crippen LogP contribution in [0.25, 0.3) is 0 Å². The van der Waals surface area contributed by atoms with E-state index in [1.807, 2.05) is 25.1 Å². The average Bonchev–Trinajstić information content (AvgIpc) is 2.65. The van der Waals surface area contributed by atoms with Crippen molar-refractivity contribution in [3.63, 3.8) is 0 Å². The first-order valence-electron chi connectivity index (χ1n) is 8.34. The fourth-order valence-corrected chi connectivity index (χ4v) is 3.17. The summed E-state index contributed by atoms with van der Waals surface area (Å²) < 4.78 is 13.8. The highest BCUT2D eigenvalue weighted by atomic mass is 35.5. The number of nitrogens with zero attached hydrogens (tertiary/aromatic N) is 2. The van der Waals surface area contributed by atoms with Crippen molar-refractivity contribution in [3.8, 4) is 0 Å². The van der Waals surface area contributed by atoms with Gasteiger partial charge in [-0.25, -0.2) is 4.39 Å². The van der Waals surface area contributed by atoms with Gasteiger partial charge in [0, 0.05) is 36.9 Å². The van der Waals surface area contributed by atoms with Gasteiger partial charge in [-0.15, -0.1) is 0 Å². The van der Waals surface area contributed by atoms with Crippen LogP contribution in [0.2, 0.25) is 5.02 Å². The molecule has 0 bridgehead atoms. The number of amides is 1. The summed E-state index contributed by atoms with van der Waals surface area (Å²) in [5.74, 6) is -0.715. The summed E-state index contributed by atoms with van der Waals surface area (Å²) >= 11 is 5.87. The van der Waals surface area contributed by atoms with E-state index in [-0.39, 0.29) is 17.6 Å². The molecule has 0 saturated carbocycles. The van der Waals surface area contributed by atoms with E-state index in [2.05, 4.69) is 27.2 Å². The third-order valence-electron chi connectivity index (χ3n) is 4.55. The average molecular weight is 362 g/mol. The SMILES string of the molecule is CC(C(=O)Nc1cc(Cl)ccc1F)N1CCN(c2ccccc2)CC1. The van der Waals surface area contributed by atoms with E-state index in [9.17, 15) is 9.18 Å². The Morgan fingerprint density at radius 1 is 1.12 bits per heavy atom. The molecule has 1 fully saturated rings. The monoisotopic (exact) mass is 361 g/mol. The van der Waals surface area contributed by atoms with Crippen molar-refractivity contribution in [3.05, 3.63) is 59.4 Å². The Hall–Kier alpha value is -2.11. The number of hydrogen-bond acceptors (Lipinski definition) is 3. The molecule has 25 heavy (non-hydrogen) atoms. The van der Waals surface area contributed by atoms with Crippen molar-refractivity contribution >= 4 is 28.9 Å². The van der Waals surface area contributed by atoms with Gasteiger partial charge < -0.3 is 10.2 Å². The molecule has 1 heterocycles. The third-order valence-corrected chi connectivity index (χ3v) is 4.78. The predicted octanol–water partition coefficient (Wildman–Crippen LogP) is 3.63. The molecule has 132 valence electrons. The highest BCUT2D eigenvalue weighted by Gasteiger charge is 2.26. The zero-order valence-corrected chi connectivity index (χ0v) is 14.8. The summed E-state index contributed by atoms with van der Waals surface area (Å²) in [5.41, 5.74) is 1.31. The molecule has 1 amide bonds. The second kappa shape index (κ2) is 7.85. The molecule has 2 aromatic rings. The van der Waals surface area contributed by atoms with E-state index in [0.29, 0.717) is 5.02 Å². The Bertz CT molecular complexity index is 733. The predicted molar refractivity (Wildman–Crippen MR) is 99.7 cm³/mol. The molecule has 6 heteroatoms. The van der Waals surface area contributed by atoms with E-state index in [1.54, 1.807) is 0 Å². The summed E-state index contributed by atoms with van der Waals surface area (Å²) in [6, 6.07) is 14.0. The van der Waals surface area contributed by atoms with E-state index < -0.39 is 5.82 Å². The lowest BCUT2D eigenvalue weighted by Crippen LogP contribution is -2.52. The number of piperazine rings is 1. The Morgan fingerprint density at radius 3 is 2.48 bits per heavy atom. The Morgan fingerprint density at radius 2 is 1.80 bits per heavy atom. The van der Waals surface area contributed by atoms with Crippen molar-refractivity contribution in [2.24, 2.45) is 0 Å². The summed E-state index contributed by atoms with van der Waals surface area (Å²) in [6.07, 6.45) is 0.